The van der Waals surface area contributed by atoms with Gasteiger partial charge in [-0.1, -0.05) is 12.1 Å². The largest absolute Gasteiger partial charge is 0.495 e. The maximum absolute atomic E-state index is 12.4. The van der Waals surface area contributed by atoms with E-state index >= 15 is 0 Å². The molecule has 2 N–H and O–H groups in total. The van der Waals surface area contributed by atoms with E-state index in [0.717, 1.165) is 5.56 Å². The second kappa shape index (κ2) is 8.65. The minimum Gasteiger partial charge on any atom is -0.495 e. The molecule has 0 aliphatic rings. The Kier molecular flexibility index (Phi) is 6.54. The molecule has 0 unspecified atom stereocenters. The van der Waals surface area contributed by atoms with E-state index in [1.807, 2.05) is 0 Å². The highest BCUT2D eigenvalue weighted by Crippen LogP contribution is 2.24. The quantitative estimate of drug-likeness (QED) is 0.688. The van der Waals surface area contributed by atoms with Crippen LogP contribution in [0.2, 0.25) is 0 Å². The van der Waals surface area contributed by atoms with Crippen molar-refractivity contribution in [3.05, 3.63) is 59.2 Å². The first-order valence-electron chi connectivity index (χ1n) is 7.89. The smallest absolute Gasteiger partial charge is 0.337 e. The van der Waals surface area contributed by atoms with Crippen LogP contribution < -0.4 is 14.8 Å². The number of sulfonamides is 1. The van der Waals surface area contributed by atoms with Crippen LogP contribution in [-0.2, 0) is 21.3 Å². The van der Waals surface area contributed by atoms with Gasteiger partial charge in [0.25, 0.3) is 5.91 Å². The zero-order valence-corrected chi connectivity index (χ0v) is 15.9. The van der Waals surface area contributed by atoms with Gasteiger partial charge in [0, 0.05) is 12.1 Å². The van der Waals surface area contributed by atoms with Gasteiger partial charge >= 0.3 is 5.97 Å². The highest BCUT2D eigenvalue weighted by atomic mass is 32.2. The summed E-state index contributed by atoms with van der Waals surface area (Å²) < 4.78 is 36.0. The second-order valence-corrected chi connectivity index (χ2v) is 7.30. The van der Waals surface area contributed by atoms with Crippen LogP contribution in [0.25, 0.3) is 0 Å². The van der Waals surface area contributed by atoms with Crippen molar-refractivity contribution in [3.63, 3.8) is 0 Å². The number of esters is 1. The number of ether oxygens (including phenoxy) is 2. The molecule has 0 bridgehead atoms. The molecular formula is C18H20N2O6S. The summed E-state index contributed by atoms with van der Waals surface area (Å²) in [5, 5.41) is 2.70. The monoisotopic (exact) mass is 392 g/mol. The number of rotatable bonds is 7. The van der Waals surface area contributed by atoms with E-state index in [-0.39, 0.29) is 22.8 Å². The molecule has 0 atom stereocenters. The van der Waals surface area contributed by atoms with Gasteiger partial charge in [-0.05, 0) is 42.9 Å². The third kappa shape index (κ3) is 4.83. The van der Waals surface area contributed by atoms with Crippen LogP contribution in [0.5, 0.6) is 5.75 Å². The summed E-state index contributed by atoms with van der Waals surface area (Å²) in [5.74, 6) is -0.747. The van der Waals surface area contributed by atoms with Crippen LogP contribution in [0.15, 0.2) is 47.4 Å². The number of amides is 1. The van der Waals surface area contributed by atoms with Crippen molar-refractivity contribution in [1.29, 1.82) is 0 Å². The van der Waals surface area contributed by atoms with Crippen LogP contribution in [0.4, 0.5) is 0 Å². The van der Waals surface area contributed by atoms with E-state index in [1.165, 1.54) is 39.5 Å². The number of benzene rings is 2. The topological polar surface area (TPSA) is 111 Å². The lowest BCUT2D eigenvalue weighted by Gasteiger charge is -2.11. The molecule has 9 heteroatoms. The van der Waals surface area contributed by atoms with Crippen LogP contribution in [0, 0.1) is 0 Å². The van der Waals surface area contributed by atoms with Crippen molar-refractivity contribution in [2.24, 2.45) is 0 Å². The Bertz CT molecular complexity index is 939. The maximum Gasteiger partial charge on any atom is 0.337 e. The van der Waals surface area contributed by atoms with Crippen molar-refractivity contribution >= 4 is 21.9 Å². The van der Waals surface area contributed by atoms with Gasteiger partial charge in [-0.2, -0.15) is 0 Å². The first-order chi connectivity index (χ1) is 12.8. The molecule has 8 nitrogen and oxygen atoms in total. The molecule has 0 saturated heterocycles. The minimum absolute atomic E-state index is 0.123. The maximum atomic E-state index is 12.4. The molecule has 0 heterocycles. The summed E-state index contributed by atoms with van der Waals surface area (Å²) in [4.78, 5) is 23.7. The molecule has 0 aliphatic carbocycles. The molecule has 0 spiro atoms. The third-order valence-corrected chi connectivity index (χ3v) is 5.25. The number of hydrogen-bond donors (Lipinski definition) is 2. The van der Waals surface area contributed by atoms with Gasteiger partial charge in [-0.3, -0.25) is 4.79 Å². The molecular weight excluding hydrogens is 372 g/mol. The van der Waals surface area contributed by atoms with E-state index in [4.69, 9.17) is 4.74 Å². The van der Waals surface area contributed by atoms with Gasteiger partial charge in [-0.15, -0.1) is 0 Å². The normalized spacial score (nSPS) is 10.9. The summed E-state index contributed by atoms with van der Waals surface area (Å²) in [5.41, 5.74) is 1.35. The summed E-state index contributed by atoms with van der Waals surface area (Å²) in [7, 11) is 0.147. The van der Waals surface area contributed by atoms with Crippen LogP contribution in [0.1, 0.15) is 26.3 Å². The van der Waals surface area contributed by atoms with Gasteiger partial charge in [0.2, 0.25) is 10.0 Å². The van der Waals surface area contributed by atoms with Gasteiger partial charge in [-0.25, -0.2) is 17.9 Å². The van der Waals surface area contributed by atoms with Gasteiger partial charge in [0.05, 0.1) is 19.8 Å². The number of methoxy groups -OCH3 is 2. The lowest BCUT2D eigenvalue weighted by Crippen LogP contribution is -2.24. The lowest BCUT2D eigenvalue weighted by molar-refractivity contribution is 0.0600. The molecule has 27 heavy (non-hydrogen) atoms. The zero-order valence-electron chi connectivity index (χ0n) is 15.1. The fraction of sp³-hybridized carbons (Fsp3) is 0.222. The fourth-order valence-corrected chi connectivity index (χ4v) is 3.22. The summed E-state index contributed by atoms with van der Waals surface area (Å²) in [6, 6.07) is 10.7. The van der Waals surface area contributed by atoms with Gasteiger partial charge in [0.1, 0.15) is 10.6 Å². The van der Waals surface area contributed by atoms with Crippen molar-refractivity contribution < 1.29 is 27.5 Å². The minimum atomic E-state index is -3.78. The predicted molar refractivity (Wildman–Crippen MR) is 98.2 cm³/mol. The van der Waals surface area contributed by atoms with Crippen molar-refractivity contribution in [1.82, 2.24) is 10.0 Å². The number of nitrogens with one attached hydrogen (secondary N) is 2. The van der Waals surface area contributed by atoms with Crippen LogP contribution in [0.3, 0.4) is 0 Å². The van der Waals surface area contributed by atoms with Crippen molar-refractivity contribution in [3.8, 4) is 5.75 Å². The number of hydrogen-bond acceptors (Lipinski definition) is 6. The van der Waals surface area contributed by atoms with E-state index in [1.54, 1.807) is 24.3 Å². The van der Waals surface area contributed by atoms with Gasteiger partial charge in [0.15, 0.2) is 0 Å². The van der Waals surface area contributed by atoms with Crippen LogP contribution >= 0.6 is 0 Å². The lowest BCUT2D eigenvalue weighted by atomic mass is 10.1. The Hall–Kier alpha value is -2.91. The first-order valence-corrected chi connectivity index (χ1v) is 9.37. The van der Waals surface area contributed by atoms with Crippen LogP contribution in [-0.4, -0.2) is 41.6 Å². The Morgan fingerprint density at radius 2 is 1.63 bits per heavy atom. The summed E-state index contributed by atoms with van der Waals surface area (Å²) in [6.07, 6.45) is 0. The number of carbonyl (C=O) groups excluding carboxylic acids is 2. The standard InChI is InChI=1S/C18H20N2O6S/c1-19-27(23,24)16-10-14(8-9-15(16)25-2)17(21)20-11-12-4-6-13(7-5-12)18(22)26-3/h4-10,19H,11H2,1-3H3,(H,20,21). The highest BCUT2D eigenvalue weighted by molar-refractivity contribution is 7.89. The van der Waals surface area contributed by atoms with Crippen molar-refractivity contribution in [2.75, 3.05) is 21.3 Å². The van der Waals surface area contributed by atoms with E-state index in [0.29, 0.717) is 5.56 Å². The third-order valence-electron chi connectivity index (χ3n) is 3.81. The molecule has 144 valence electrons. The second-order valence-electron chi connectivity index (χ2n) is 5.44. The average molecular weight is 392 g/mol. The molecule has 0 radical (unpaired) electrons. The average Bonchev–Trinajstić information content (AvgIpc) is 2.71. The molecule has 0 aromatic heterocycles. The number of carbonyl (C=O) groups is 2. The molecule has 0 aliphatic heterocycles. The molecule has 2 aromatic rings. The Balaban J connectivity index is 2.14. The van der Waals surface area contributed by atoms with E-state index in [2.05, 4.69) is 14.8 Å². The SMILES string of the molecule is CNS(=O)(=O)c1cc(C(=O)NCc2ccc(C(=O)OC)cc2)ccc1OC. The first kappa shape index (κ1) is 20.4. The molecule has 1 amide bonds. The van der Waals surface area contributed by atoms with E-state index in [9.17, 15) is 18.0 Å². The highest BCUT2D eigenvalue weighted by Gasteiger charge is 2.20. The summed E-state index contributed by atoms with van der Waals surface area (Å²) in [6.45, 7) is 0.209. The molecule has 2 rings (SSSR count). The Morgan fingerprint density at radius 3 is 2.19 bits per heavy atom. The van der Waals surface area contributed by atoms with Gasteiger partial charge < -0.3 is 14.8 Å². The molecule has 2 aromatic carbocycles. The zero-order chi connectivity index (χ0) is 20.0. The Morgan fingerprint density at radius 1 is 1.00 bits per heavy atom. The van der Waals surface area contributed by atoms with E-state index < -0.39 is 21.9 Å². The predicted octanol–water partition coefficient (Wildman–Crippen LogP) is 1.32. The molecule has 0 fully saturated rings. The Labute approximate surface area is 157 Å². The van der Waals surface area contributed by atoms with Crippen molar-refractivity contribution in [2.45, 2.75) is 11.4 Å². The fourth-order valence-electron chi connectivity index (χ4n) is 2.30. The summed E-state index contributed by atoms with van der Waals surface area (Å²) >= 11 is 0. The molecule has 0 saturated carbocycles.